The number of nitrogens with zero attached hydrogens (tertiary/aromatic N) is 3. The van der Waals surface area contributed by atoms with Gasteiger partial charge in [0.05, 0.1) is 5.52 Å². The van der Waals surface area contributed by atoms with Crippen molar-refractivity contribution in [1.82, 2.24) is 14.9 Å². The molecule has 0 spiro atoms. The molecule has 0 unspecified atom stereocenters. The summed E-state index contributed by atoms with van der Waals surface area (Å²) in [6.07, 6.45) is 3.76. The van der Waals surface area contributed by atoms with E-state index in [1.165, 1.54) is 11.8 Å². The van der Waals surface area contributed by atoms with Gasteiger partial charge in [-0.1, -0.05) is 60.3 Å². The van der Waals surface area contributed by atoms with E-state index in [0.717, 1.165) is 47.4 Å². The summed E-state index contributed by atoms with van der Waals surface area (Å²) in [6.45, 7) is 1.71. The van der Waals surface area contributed by atoms with Gasteiger partial charge in [0.15, 0.2) is 0 Å². The highest BCUT2D eigenvalue weighted by Gasteiger charge is 2.29. The molecular weight excluding hydrogens is 330 g/mol. The van der Waals surface area contributed by atoms with E-state index < -0.39 is 0 Å². The van der Waals surface area contributed by atoms with Gasteiger partial charge in [0.25, 0.3) is 0 Å². The molecule has 1 saturated heterocycles. The Morgan fingerprint density at radius 3 is 2.48 bits per heavy atom. The number of hydrogen-bond acceptors (Lipinski definition) is 4. The molecule has 3 aromatic rings. The molecule has 25 heavy (non-hydrogen) atoms. The minimum atomic E-state index is -0.280. The molecule has 1 atom stereocenters. The lowest BCUT2D eigenvalue weighted by molar-refractivity contribution is -0.129. The highest BCUT2D eigenvalue weighted by Crippen LogP contribution is 2.38. The molecule has 126 valence electrons. The van der Waals surface area contributed by atoms with E-state index in [2.05, 4.69) is 9.97 Å². The van der Waals surface area contributed by atoms with Crippen LogP contribution < -0.4 is 0 Å². The van der Waals surface area contributed by atoms with Crippen LogP contribution in [0.15, 0.2) is 66.0 Å². The molecule has 0 saturated carbocycles. The second-order valence-corrected chi connectivity index (χ2v) is 7.23. The van der Waals surface area contributed by atoms with Crippen LogP contribution in [0.1, 0.15) is 23.7 Å². The van der Waals surface area contributed by atoms with Gasteiger partial charge >= 0.3 is 0 Å². The molecular formula is C20H19N3OS. The van der Waals surface area contributed by atoms with E-state index in [4.69, 9.17) is 0 Å². The Hall–Kier alpha value is -2.40. The Labute approximate surface area is 151 Å². The summed E-state index contributed by atoms with van der Waals surface area (Å²) in [4.78, 5) is 23.9. The highest BCUT2D eigenvalue weighted by atomic mass is 32.2. The molecule has 0 bridgehead atoms. The van der Waals surface area contributed by atoms with Gasteiger partial charge in [0.2, 0.25) is 5.91 Å². The molecule has 1 amide bonds. The van der Waals surface area contributed by atoms with E-state index >= 15 is 0 Å². The van der Waals surface area contributed by atoms with Crippen molar-refractivity contribution in [3.8, 4) is 0 Å². The summed E-state index contributed by atoms with van der Waals surface area (Å²) in [6, 6.07) is 17.9. The number of hydrogen-bond donors (Lipinski definition) is 0. The Morgan fingerprint density at radius 2 is 1.68 bits per heavy atom. The average molecular weight is 349 g/mol. The van der Waals surface area contributed by atoms with Crippen LogP contribution in [0.25, 0.3) is 10.9 Å². The Balaban J connectivity index is 1.71. The maximum Gasteiger partial charge on any atom is 0.240 e. The summed E-state index contributed by atoms with van der Waals surface area (Å²) in [5, 5.41) is 1.56. The first-order valence-corrected chi connectivity index (χ1v) is 9.41. The van der Waals surface area contributed by atoms with Gasteiger partial charge in [0, 0.05) is 18.5 Å². The van der Waals surface area contributed by atoms with Crippen molar-refractivity contribution in [1.29, 1.82) is 0 Å². The van der Waals surface area contributed by atoms with E-state index in [9.17, 15) is 4.79 Å². The number of carbonyl (C=O) groups is 1. The number of rotatable bonds is 4. The van der Waals surface area contributed by atoms with Crippen molar-refractivity contribution in [2.24, 2.45) is 0 Å². The molecule has 1 aromatic heterocycles. The second-order valence-electron chi connectivity index (χ2n) is 6.14. The largest absolute Gasteiger partial charge is 0.341 e. The van der Waals surface area contributed by atoms with E-state index in [1.807, 2.05) is 59.5 Å². The van der Waals surface area contributed by atoms with Crippen molar-refractivity contribution in [2.45, 2.75) is 23.1 Å². The fourth-order valence-corrected chi connectivity index (χ4v) is 4.35. The van der Waals surface area contributed by atoms with Crippen LogP contribution in [0.4, 0.5) is 0 Å². The summed E-state index contributed by atoms with van der Waals surface area (Å²) >= 11 is 1.52. The van der Waals surface area contributed by atoms with Crippen LogP contribution in [0.3, 0.4) is 0 Å². The Bertz CT molecular complexity index is 873. The maximum atomic E-state index is 13.1. The smallest absolute Gasteiger partial charge is 0.240 e. The number of aromatic nitrogens is 2. The normalized spacial score (nSPS) is 15.4. The Kier molecular flexibility index (Phi) is 4.65. The quantitative estimate of drug-likeness (QED) is 0.526. The topological polar surface area (TPSA) is 46.1 Å². The molecule has 0 aliphatic carbocycles. The number of thioether (sulfide) groups is 1. The van der Waals surface area contributed by atoms with Crippen molar-refractivity contribution in [3.63, 3.8) is 0 Å². The first-order valence-electron chi connectivity index (χ1n) is 8.53. The van der Waals surface area contributed by atoms with Gasteiger partial charge in [-0.15, -0.1) is 0 Å². The minimum Gasteiger partial charge on any atom is -0.341 e. The third-order valence-corrected chi connectivity index (χ3v) is 5.74. The van der Waals surface area contributed by atoms with Crippen molar-refractivity contribution in [3.05, 3.63) is 66.5 Å². The lowest BCUT2D eigenvalue weighted by Crippen LogP contribution is -2.31. The van der Waals surface area contributed by atoms with Gasteiger partial charge in [-0.05, 0) is 24.5 Å². The number of likely N-dealkylation sites (tertiary alicyclic amines) is 1. The SMILES string of the molecule is O=C([C@H](Sc1ncnc2ccccc12)c1ccccc1)N1CCCC1. The van der Waals surface area contributed by atoms with E-state index in [1.54, 1.807) is 6.33 Å². The number of carbonyl (C=O) groups excluding carboxylic acids is 1. The summed E-state index contributed by atoms with van der Waals surface area (Å²) in [5.41, 5.74) is 1.92. The Morgan fingerprint density at radius 1 is 0.960 bits per heavy atom. The zero-order valence-corrected chi connectivity index (χ0v) is 14.7. The molecule has 0 N–H and O–H groups in total. The van der Waals surface area contributed by atoms with Crippen LogP contribution in [-0.4, -0.2) is 33.9 Å². The zero-order valence-electron chi connectivity index (χ0n) is 13.8. The molecule has 0 radical (unpaired) electrons. The molecule has 2 heterocycles. The van der Waals surface area contributed by atoms with Crippen molar-refractivity contribution < 1.29 is 4.79 Å². The van der Waals surface area contributed by atoms with Crippen molar-refractivity contribution in [2.75, 3.05) is 13.1 Å². The molecule has 4 nitrogen and oxygen atoms in total. The fraction of sp³-hybridized carbons (Fsp3) is 0.250. The first-order chi connectivity index (χ1) is 12.3. The highest BCUT2D eigenvalue weighted by molar-refractivity contribution is 8.00. The predicted molar refractivity (Wildman–Crippen MR) is 100 cm³/mol. The second kappa shape index (κ2) is 7.23. The van der Waals surface area contributed by atoms with Crippen LogP contribution in [0.5, 0.6) is 0 Å². The van der Waals surface area contributed by atoms with Crippen molar-refractivity contribution >= 4 is 28.6 Å². The summed E-state index contributed by atoms with van der Waals surface area (Å²) in [5.74, 6) is 0.177. The zero-order chi connectivity index (χ0) is 17.1. The van der Waals surface area contributed by atoms with E-state index in [0.29, 0.717) is 0 Å². The van der Waals surface area contributed by atoms with Crippen LogP contribution in [0, 0.1) is 0 Å². The molecule has 1 aliphatic rings. The molecule has 4 rings (SSSR count). The van der Waals surface area contributed by atoms with Gasteiger partial charge in [-0.25, -0.2) is 9.97 Å². The monoisotopic (exact) mass is 349 g/mol. The molecule has 1 fully saturated rings. The molecule has 5 heteroatoms. The van der Waals surface area contributed by atoms with Gasteiger partial charge < -0.3 is 4.90 Å². The number of benzene rings is 2. The number of fused-ring (bicyclic) bond motifs is 1. The first kappa shape index (κ1) is 16.1. The minimum absolute atomic E-state index is 0.177. The summed E-state index contributed by atoms with van der Waals surface area (Å²) < 4.78 is 0. The number of para-hydroxylation sites is 1. The third kappa shape index (κ3) is 3.37. The summed E-state index contributed by atoms with van der Waals surface area (Å²) in [7, 11) is 0. The lowest BCUT2D eigenvalue weighted by Gasteiger charge is -2.23. The molecule has 2 aromatic carbocycles. The van der Waals surface area contributed by atoms with Crippen LogP contribution in [-0.2, 0) is 4.79 Å². The van der Waals surface area contributed by atoms with Crippen LogP contribution in [0.2, 0.25) is 0 Å². The molecule has 1 aliphatic heterocycles. The van der Waals surface area contributed by atoms with Gasteiger partial charge in [-0.3, -0.25) is 4.79 Å². The standard InChI is InChI=1S/C20H19N3OS/c24-20(23-12-6-7-13-23)18(15-8-2-1-3-9-15)25-19-16-10-4-5-11-17(16)21-14-22-19/h1-5,8-11,14,18H,6-7,12-13H2/t18-/m1/s1. The average Bonchev–Trinajstić information content (AvgIpc) is 3.21. The lowest BCUT2D eigenvalue weighted by atomic mass is 10.1. The van der Waals surface area contributed by atoms with Gasteiger partial charge in [-0.2, -0.15) is 0 Å². The predicted octanol–water partition coefficient (Wildman–Crippen LogP) is 4.09. The third-order valence-electron chi connectivity index (χ3n) is 4.48. The fourth-order valence-electron chi connectivity index (χ4n) is 3.18. The maximum absolute atomic E-state index is 13.1. The van der Waals surface area contributed by atoms with E-state index in [-0.39, 0.29) is 11.2 Å². The van der Waals surface area contributed by atoms with Crippen LogP contribution >= 0.6 is 11.8 Å². The van der Waals surface area contributed by atoms with Gasteiger partial charge in [0.1, 0.15) is 16.6 Å². The number of amides is 1.